The summed E-state index contributed by atoms with van der Waals surface area (Å²) in [5.74, 6) is 0.509. The van der Waals surface area contributed by atoms with E-state index in [2.05, 4.69) is 20.7 Å². The van der Waals surface area contributed by atoms with E-state index in [0.717, 1.165) is 18.4 Å². The van der Waals surface area contributed by atoms with E-state index in [1.54, 1.807) is 48.3 Å². The minimum absolute atomic E-state index is 0.0958. The predicted octanol–water partition coefficient (Wildman–Crippen LogP) is 1.50. The van der Waals surface area contributed by atoms with Gasteiger partial charge in [-0.2, -0.15) is 4.80 Å². The molecule has 0 spiro atoms. The molecular weight excluding hydrogens is 360 g/mol. The lowest BCUT2D eigenvalue weighted by Gasteiger charge is -2.32. The lowest BCUT2D eigenvalue weighted by molar-refractivity contribution is 0.0647. The quantitative estimate of drug-likeness (QED) is 0.735. The highest BCUT2D eigenvalue weighted by molar-refractivity contribution is 5.95. The third-order valence-electron chi connectivity index (χ3n) is 4.69. The molecule has 0 radical (unpaired) electrons. The second-order valence-electron chi connectivity index (χ2n) is 6.72. The highest BCUT2D eigenvalue weighted by Crippen LogP contribution is 2.17. The number of rotatable bonds is 4. The van der Waals surface area contributed by atoms with E-state index < -0.39 is 0 Å². The minimum atomic E-state index is -0.170. The van der Waals surface area contributed by atoms with Gasteiger partial charge in [-0.3, -0.25) is 9.59 Å². The number of carbonyl (C=O) groups excluding carboxylic acids is 2. The van der Waals surface area contributed by atoms with Crippen LogP contribution in [0.2, 0.25) is 0 Å². The molecule has 144 valence electrons. The van der Waals surface area contributed by atoms with Crippen LogP contribution in [0.1, 0.15) is 33.8 Å². The van der Waals surface area contributed by atoms with Crippen molar-refractivity contribution in [2.75, 3.05) is 13.1 Å². The van der Waals surface area contributed by atoms with Crippen LogP contribution in [0.5, 0.6) is 0 Å². The first-order valence-electron chi connectivity index (χ1n) is 9.08. The van der Waals surface area contributed by atoms with Gasteiger partial charge in [-0.25, -0.2) is 0 Å². The van der Waals surface area contributed by atoms with Crippen molar-refractivity contribution >= 4 is 11.8 Å². The minimum Gasteiger partial charge on any atom is -0.459 e. The Morgan fingerprint density at radius 1 is 1.21 bits per heavy atom. The molecule has 1 saturated heterocycles. The first-order chi connectivity index (χ1) is 13.6. The van der Waals surface area contributed by atoms with Crippen molar-refractivity contribution in [3.8, 4) is 11.4 Å². The molecule has 1 aromatic carbocycles. The summed E-state index contributed by atoms with van der Waals surface area (Å²) >= 11 is 0. The van der Waals surface area contributed by atoms with Crippen molar-refractivity contribution in [2.24, 2.45) is 7.05 Å². The molecule has 1 atom stereocenters. The molecule has 9 nitrogen and oxygen atoms in total. The van der Waals surface area contributed by atoms with Gasteiger partial charge in [0.2, 0.25) is 5.82 Å². The van der Waals surface area contributed by atoms with Crippen molar-refractivity contribution in [2.45, 2.75) is 18.9 Å². The van der Waals surface area contributed by atoms with Gasteiger partial charge in [-0.05, 0) is 42.3 Å². The zero-order chi connectivity index (χ0) is 19.5. The zero-order valence-electron chi connectivity index (χ0n) is 15.4. The van der Waals surface area contributed by atoms with Gasteiger partial charge in [0, 0.05) is 30.3 Å². The highest BCUT2D eigenvalue weighted by atomic mass is 16.3. The predicted molar refractivity (Wildman–Crippen MR) is 99.3 cm³/mol. The van der Waals surface area contributed by atoms with E-state index in [0.29, 0.717) is 30.2 Å². The number of likely N-dealkylation sites (tertiary alicyclic amines) is 1. The zero-order valence-corrected chi connectivity index (χ0v) is 15.4. The van der Waals surface area contributed by atoms with Gasteiger partial charge in [0.25, 0.3) is 11.8 Å². The van der Waals surface area contributed by atoms with Gasteiger partial charge in [0.15, 0.2) is 5.76 Å². The molecule has 2 amide bonds. The molecule has 9 heteroatoms. The highest BCUT2D eigenvalue weighted by Gasteiger charge is 2.27. The second kappa shape index (κ2) is 7.63. The molecule has 4 rings (SSSR count). The Balaban J connectivity index is 1.38. The number of piperidine rings is 1. The number of nitrogens with one attached hydrogen (secondary N) is 1. The Morgan fingerprint density at radius 3 is 2.71 bits per heavy atom. The van der Waals surface area contributed by atoms with Crippen LogP contribution in [0.15, 0.2) is 47.1 Å². The number of aryl methyl sites for hydroxylation is 1. The fraction of sp³-hybridized carbons (Fsp3) is 0.316. The molecule has 3 heterocycles. The average molecular weight is 380 g/mol. The van der Waals surface area contributed by atoms with Crippen molar-refractivity contribution in [1.82, 2.24) is 30.4 Å². The van der Waals surface area contributed by atoms with Crippen LogP contribution in [-0.4, -0.2) is 56.1 Å². The molecule has 28 heavy (non-hydrogen) atoms. The monoisotopic (exact) mass is 380 g/mol. The lowest BCUT2D eigenvalue weighted by Crippen LogP contribution is -2.49. The van der Waals surface area contributed by atoms with Gasteiger partial charge >= 0.3 is 0 Å². The molecule has 0 unspecified atom stereocenters. The maximum Gasteiger partial charge on any atom is 0.289 e. The van der Waals surface area contributed by atoms with Crippen molar-refractivity contribution < 1.29 is 14.0 Å². The van der Waals surface area contributed by atoms with Gasteiger partial charge in [-0.1, -0.05) is 12.1 Å². The van der Waals surface area contributed by atoms with Gasteiger partial charge in [0.05, 0.1) is 13.3 Å². The summed E-state index contributed by atoms with van der Waals surface area (Å²) in [5, 5.41) is 14.9. The number of carbonyl (C=O) groups is 2. The summed E-state index contributed by atoms with van der Waals surface area (Å²) in [6.07, 6.45) is 3.14. The largest absolute Gasteiger partial charge is 0.459 e. The number of hydrogen-bond acceptors (Lipinski definition) is 6. The maximum atomic E-state index is 12.6. The first-order valence-corrected chi connectivity index (χ1v) is 9.08. The van der Waals surface area contributed by atoms with Crippen LogP contribution in [0.25, 0.3) is 11.4 Å². The Morgan fingerprint density at radius 2 is 2.04 bits per heavy atom. The molecule has 1 aliphatic heterocycles. The lowest BCUT2D eigenvalue weighted by atomic mass is 10.0. The molecule has 3 aromatic rings. The van der Waals surface area contributed by atoms with Crippen LogP contribution in [0, 0.1) is 0 Å². The maximum absolute atomic E-state index is 12.6. The molecule has 1 aliphatic rings. The third-order valence-corrected chi connectivity index (χ3v) is 4.69. The van der Waals surface area contributed by atoms with E-state index in [9.17, 15) is 9.59 Å². The Bertz CT molecular complexity index is 964. The average Bonchev–Trinajstić information content (AvgIpc) is 3.40. The van der Waals surface area contributed by atoms with Crippen LogP contribution in [-0.2, 0) is 7.05 Å². The third kappa shape index (κ3) is 3.78. The second-order valence-corrected chi connectivity index (χ2v) is 6.72. The number of hydrogen-bond donors (Lipinski definition) is 1. The molecule has 1 fully saturated rings. The fourth-order valence-corrected chi connectivity index (χ4v) is 3.27. The van der Waals surface area contributed by atoms with Crippen LogP contribution in [0.4, 0.5) is 0 Å². The summed E-state index contributed by atoms with van der Waals surface area (Å²) in [6.45, 7) is 1.12. The SMILES string of the molecule is Cn1nnc(-c2ccc(C(=O)N[C@H]3CCCN(C(=O)c4ccco4)C3)cc2)n1. The summed E-state index contributed by atoms with van der Waals surface area (Å²) in [4.78, 5) is 28.1. The molecule has 0 bridgehead atoms. The summed E-state index contributed by atoms with van der Waals surface area (Å²) in [6, 6.07) is 10.3. The topological polar surface area (TPSA) is 106 Å². The molecular formula is C19H20N6O3. The van der Waals surface area contributed by atoms with E-state index in [4.69, 9.17) is 4.42 Å². The van der Waals surface area contributed by atoms with E-state index in [1.165, 1.54) is 11.1 Å². The molecule has 1 N–H and O–H groups in total. The van der Waals surface area contributed by atoms with E-state index >= 15 is 0 Å². The number of furan rings is 1. The van der Waals surface area contributed by atoms with E-state index in [1.807, 2.05) is 0 Å². The number of benzene rings is 1. The van der Waals surface area contributed by atoms with Crippen LogP contribution < -0.4 is 5.32 Å². The van der Waals surface area contributed by atoms with Gasteiger partial charge in [0.1, 0.15) is 0 Å². The first kappa shape index (κ1) is 17.9. The smallest absolute Gasteiger partial charge is 0.289 e. The Kier molecular flexibility index (Phi) is 4.88. The Hall–Kier alpha value is -3.49. The van der Waals surface area contributed by atoms with Crippen molar-refractivity contribution in [3.63, 3.8) is 0 Å². The Labute approximate surface area is 161 Å². The molecule has 0 aliphatic carbocycles. The summed E-state index contributed by atoms with van der Waals surface area (Å²) in [5.41, 5.74) is 1.33. The number of tetrazole rings is 1. The van der Waals surface area contributed by atoms with Crippen LogP contribution >= 0.6 is 0 Å². The van der Waals surface area contributed by atoms with Crippen molar-refractivity contribution in [3.05, 3.63) is 54.0 Å². The van der Waals surface area contributed by atoms with Crippen LogP contribution in [0.3, 0.4) is 0 Å². The number of aromatic nitrogens is 4. The number of nitrogens with zero attached hydrogens (tertiary/aromatic N) is 5. The summed E-state index contributed by atoms with van der Waals surface area (Å²) < 4.78 is 5.19. The summed E-state index contributed by atoms with van der Waals surface area (Å²) in [7, 11) is 1.70. The standard InChI is InChI=1S/C19H20N6O3/c1-24-22-17(21-23-24)13-6-8-14(9-7-13)18(26)20-15-4-2-10-25(12-15)19(27)16-5-3-11-28-16/h3,5-9,11,15H,2,4,10,12H2,1H3,(H,20,26)/t15-/m0/s1. The fourth-order valence-electron chi connectivity index (χ4n) is 3.27. The normalized spacial score (nSPS) is 16.8. The van der Waals surface area contributed by atoms with Gasteiger partial charge < -0.3 is 14.6 Å². The van der Waals surface area contributed by atoms with Crippen molar-refractivity contribution in [1.29, 1.82) is 0 Å². The van der Waals surface area contributed by atoms with E-state index in [-0.39, 0.29) is 17.9 Å². The number of amides is 2. The molecule has 0 saturated carbocycles. The molecule has 2 aromatic heterocycles. The van der Waals surface area contributed by atoms with Gasteiger partial charge in [-0.15, -0.1) is 10.2 Å².